The van der Waals surface area contributed by atoms with Crippen molar-refractivity contribution in [2.24, 2.45) is 0 Å². The van der Waals surface area contributed by atoms with Crippen LogP contribution in [0.4, 0.5) is 0 Å². The van der Waals surface area contributed by atoms with Crippen LogP contribution >= 0.6 is 0 Å². The number of aryl methyl sites for hydroxylation is 1. The van der Waals surface area contributed by atoms with E-state index in [1.54, 1.807) is 7.11 Å². The lowest BCUT2D eigenvalue weighted by Gasteiger charge is -2.44. The van der Waals surface area contributed by atoms with Crippen LogP contribution in [0.1, 0.15) is 68.4 Å². The molecule has 2 aromatic rings. The highest BCUT2D eigenvalue weighted by Gasteiger charge is 2.52. The van der Waals surface area contributed by atoms with E-state index in [9.17, 15) is 19.2 Å². The zero-order chi connectivity index (χ0) is 29.0. The van der Waals surface area contributed by atoms with Crippen LogP contribution in [-0.4, -0.2) is 62.0 Å². The molecule has 1 unspecified atom stereocenters. The van der Waals surface area contributed by atoms with Crippen molar-refractivity contribution in [1.29, 1.82) is 0 Å². The summed E-state index contributed by atoms with van der Waals surface area (Å²) in [7, 11) is 1.62. The average molecular weight is 555 g/mol. The third-order valence-corrected chi connectivity index (χ3v) is 7.09. The fourth-order valence-electron chi connectivity index (χ4n) is 5.48. The summed E-state index contributed by atoms with van der Waals surface area (Å²) in [6.45, 7) is 4.60. The highest BCUT2D eigenvalue weighted by Crippen LogP contribution is 2.43. The second-order valence-corrected chi connectivity index (χ2v) is 9.94. The van der Waals surface area contributed by atoms with Crippen molar-refractivity contribution < 1.29 is 47.6 Å². The number of esters is 4. The molecule has 0 saturated carbocycles. The molecule has 0 radical (unpaired) electrons. The molecule has 0 spiro atoms. The van der Waals surface area contributed by atoms with Crippen LogP contribution in [-0.2, 0) is 49.3 Å². The van der Waals surface area contributed by atoms with Crippen molar-refractivity contribution in [3.05, 3.63) is 64.7 Å². The Balaban J connectivity index is 1.76. The van der Waals surface area contributed by atoms with Gasteiger partial charge in [0.2, 0.25) is 0 Å². The number of fused-ring (bicyclic) bond motifs is 1. The van der Waals surface area contributed by atoms with Crippen LogP contribution in [0.25, 0.3) is 0 Å². The quantitative estimate of drug-likeness (QED) is 0.353. The SMILES string of the molecule is COc1ccc(C2CCc3ccc([C@@H]4O[C@H](COC(C)=O)[C@@H](OC(C)=O)[C@H](OC(C)=O)[C@H]4OC(C)=O)cc32)cc1. The minimum absolute atomic E-state index is 0.131. The molecule has 6 atom stereocenters. The zero-order valence-corrected chi connectivity index (χ0v) is 23.2. The van der Waals surface area contributed by atoms with Gasteiger partial charge in [0.25, 0.3) is 0 Å². The predicted octanol–water partition coefficient (Wildman–Crippen LogP) is 3.57. The fourth-order valence-corrected chi connectivity index (χ4v) is 5.48. The first-order chi connectivity index (χ1) is 19.1. The maximum Gasteiger partial charge on any atom is 0.303 e. The molecule has 1 aliphatic heterocycles. The molecular weight excluding hydrogens is 520 g/mol. The zero-order valence-electron chi connectivity index (χ0n) is 23.2. The third-order valence-electron chi connectivity index (χ3n) is 7.09. The number of hydrogen-bond acceptors (Lipinski definition) is 10. The Morgan fingerprint density at radius 3 is 1.98 bits per heavy atom. The molecule has 1 heterocycles. The van der Waals surface area contributed by atoms with E-state index in [4.69, 9.17) is 28.4 Å². The van der Waals surface area contributed by atoms with Crippen LogP contribution in [0.3, 0.4) is 0 Å². The van der Waals surface area contributed by atoms with Crippen LogP contribution < -0.4 is 4.74 Å². The molecule has 1 fully saturated rings. The van der Waals surface area contributed by atoms with Gasteiger partial charge in [-0.1, -0.05) is 30.3 Å². The Kier molecular flexibility index (Phi) is 9.09. The van der Waals surface area contributed by atoms with Gasteiger partial charge in [-0.25, -0.2) is 0 Å². The van der Waals surface area contributed by atoms with Gasteiger partial charge in [0.05, 0.1) is 7.11 Å². The Morgan fingerprint density at radius 1 is 0.775 bits per heavy atom. The van der Waals surface area contributed by atoms with Gasteiger partial charge in [-0.2, -0.15) is 0 Å². The largest absolute Gasteiger partial charge is 0.497 e. The topological polar surface area (TPSA) is 124 Å². The van der Waals surface area contributed by atoms with Crippen molar-refractivity contribution in [2.45, 2.75) is 77.0 Å². The molecule has 10 heteroatoms. The first-order valence-corrected chi connectivity index (χ1v) is 13.1. The van der Waals surface area contributed by atoms with E-state index < -0.39 is 54.4 Å². The Hall–Kier alpha value is -3.92. The molecule has 4 rings (SSSR count). The summed E-state index contributed by atoms with van der Waals surface area (Å²) >= 11 is 0. The van der Waals surface area contributed by atoms with Crippen LogP contribution in [0.2, 0.25) is 0 Å². The molecule has 1 aliphatic carbocycles. The standard InChI is InChI=1S/C30H34O10/c1-16(31)36-15-26-28(37-17(2)32)30(39-19(4)34)29(38-18(3)33)27(40-26)22-7-6-21-10-13-24(25(21)14-22)20-8-11-23(35-5)12-9-20/h6-9,11-12,14,24,26-30H,10,13,15H2,1-5H3/t24?,26-,27+,28-,29+,30+/m1/s1. The van der Waals surface area contributed by atoms with Crippen molar-refractivity contribution >= 4 is 23.9 Å². The van der Waals surface area contributed by atoms with E-state index in [2.05, 4.69) is 0 Å². The van der Waals surface area contributed by atoms with E-state index >= 15 is 0 Å². The van der Waals surface area contributed by atoms with Gasteiger partial charge < -0.3 is 28.4 Å². The number of carbonyl (C=O) groups excluding carboxylic acids is 4. The molecule has 2 aromatic carbocycles. The summed E-state index contributed by atoms with van der Waals surface area (Å²) in [5.74, 6) is -1.63. The minimum atomic E-state index is -1.21. The fraction of sp³-hybridized carbons (Fsp3) is 0.467. The smallest absolute Gasteiger partial charge is 0.303 e. The molecule has 2 aliphatic rings. The Morgan fingerprint density at radius 2 is 1.38 bits per heavy atom. The first-order valence-electron chi connectivity index (χ1n) is 13.1. The summed E-state index contributed by atoms with van der Waals surface area (Å²) in [6.07, 6.45) is -3.65. The number of hydrogen-bond donors (Lipinski definition) is 0. The van der Waals surface area contributed by atoms with Gasteiger partial charge in [0, 0.05) is 33.6 Å². The maximum atomic E-state index is 12.2. The first kappa shape index (κ1) is 29.1. The third kappa shape index (κ3) is 6.62. The molecule has 0 N–H and O–H groups in total. The summed E-state index contributed by atoms with van der Waals surface area (Å²) in [5.41, 5.74) is 4.11. The second-order valence-electron chi connectivity index (χ2n) is 9.94. The monoisotopic (exact) mass is 554 g/mol. The van der Waals surface area contributed by atoms with Gasteiger partial charge in [0.15, 0.2) is 18.3 Å². The van der Waals surface area contributed by atoms with Crippen LogP contribution in [0.5, 0.6) is 5.75 Å². The lowest BCUT2D eigenvalue weighted by Crippen LogP contribution is -2.59. The molecule has 214 valence electrons. The lowest BCUT2D eigenvalue weighted by atomic mass is 9.87. The summed E-state index contributed by atoms with van der Waals surface area (Å²) in [5, 5.41) is 0. The number of methoxy groups -OCH3 is 1. The Bertz CT molecular complexity index is 1250. The number of carbonyl (C=O) groups is 4. The van der Waals surface area contributed by atoms with E-state index in [0.29, 0.717) is 5.56 Å². The lowest BCUT2D eigenvalue weighted by molar-refractivity contribution is -0.254. The molecule has 1 saturated heterocycles. The molecule has 10 nitrogen and oxygen atoms in total. The average Bonchev–Trinajstić information content (AvgIpc) is 3.32. The summed E-state index contributed by atoms with van der Waals surface area (Å²) in [6, 6.07) is 13.9. The van der Waals surface area contributed by atoms with Gasteiger partial charge in [-0.3, -0.25) is 19.2 Å². The van der Waals surface area contributed by atoms with Crippen molar-refractivity contribution in [3.63, 3.8) is 0 Å². The van der Waals surface area contributed by atoms with E-state index in [1.807, 2.05) is 42.5 Å². The van der Waals surface area contributed by atoms with Gasteiger partial charge >= 0.3 is 23.9 Å². The molecule has 0 aromatic heterocycles. The summed E-state index contributed by atoms with van der Waals surface area (Å²) < 4.78 is 33.6. The van der Waals surface area contributed by atoms with E-state index in [1.165, 1.54) is 33.3 Å². The summed E-state index contributed by atoms with van der Waals surface area (Å²) in [4.78, 5) is 48.0. The number of benzene rings is 2. The normalized spacial score (nSPS) is 25.3. The van der Waals surface area contributed by atoms with Crippen molar-refractivity contribution in [3.8, 4) is 5.75 Å². The molecule has 0 bridgehead atoms. The minimum Gasteiger partial charge on any atom is -0.497 e. The molecule has 40 heavy (non-hydrogen) atoms. The number of ether oxygens (including phenoxy) is 6. The number of rotatable bonds is 8. The van der Waals surface area contributed by atoms with E-state index in [-0.39, 0.29) is 12.5 Å². The van der Waals surface area contributed by atoms with Crippen molar-refractivity contribution in [1.82, 2.24) is 0 Å². The second kappa shape index (κ2) is 12.5. The maximum absolute atomic E-state index is 12.2. The molecule has 0 amide bonds. The predicted molar refractivity (Wildman–Crippen MR) is 141 cm³/mol. The van der Waals surface area contributed by atoms with Gasteiger partial charge in [0.1, 0.15) is 24.6 Å². The van der Waals surface area contributed by atoms with E-state index in [0.717, 1.165) is 29.7 Å². The highest BCUT2D eigenvalue weighted by molar-refractivity contribution is 5.69. The van der Waals surface area contributed by atoms with Gasteiger partial charge in [-0.05, 0) is 47.2 Å². The van der Waals surface area contributed by atoms with Crippen LogP contribution in [0.15, 0.2) is 42.5 Å². The Labute approximate surface area is 232 Å². The van der Waals surface area contributed by atoms with Crippen LogP contribution in [0, 0.1) is 0 Å². The molecular formula is C30H34O10. The van der Waals surface area contributed by atoms with Gasteiger partial charge in [-0.15, -0.1) is 0 Å². The highest BCUT2D eigenvalue weighted by atomic mass is 16.7. The van der Waals surface area contributed by atoms with Crippen molar-refractivity contribution in [2.75, 3.05) is 13.7 Å².